The molecular weight excluding hydrogens is 377 g/mol. The van der Waals surface area contributed by atoms with Crippen LogP contribution in [-0.2, 0) is 0 Å². The van der Waals surface area contributed by atoms with Crippen molar-refractivity contribution in [3.8, 4) is 0 Å². The Hall–Kier alpha value is -2.42. The number of nitrogens with zero attached hydrogens (tertiary/aromatic N) is 2. The Morgan fingerprint density at radius 3 is 2.21 bits per heavy atom. The lowest BCUT2D eigenvalue weighted by molar-refractivity contribution is 0.0773. The number of benzene rings is 2. The predicted octanol–water partition coefficient (Wildman–Crippen LogP) is 4.94. The molecule has 1 aliphatic heterocycles. The van der Waals surface area contributed by atoms with Crippen LogP contribution in [-0.4, -0.2) is 48.0 Å². The molecule has 2 aromatic rings. The number of piperidine rings is 1. The van der Waals surface area contributed by atoms with Crippen LogP contribution in [0.1, 0.15) is 48.2 Å². The summed E-state index contributed by atoms with van der Waals surface area (Å²) < 4.78 is 2.35. The minimum absolute atomic E-state index is 0.0856. The van der Waals surface area contributed by atoms with Crippen LogP contribution in [0, 0.1) is 0 Å². The minimum atomic E-state index is 0.0856. The van der Waals surface area contributed by atoms with Crippen LogP contribution in [0.4, 0.5) is 5.69 Å². The number of carbonyl (C=O) groups is 1. The Labute approximate surface area is 175 Å². The van der Waals surface area contributed by atoms with Gasteiger partial charge in [0.2, 0.25) is 0 Å². The van der Waals surface area contributed by atoms with Crippen molar-refractivity contribution in [1.82, 2.24) is 9.57 Å². The van der Waals surface area contributed by atoms with E-state index in [9.17, 15) is 4.79 Å². The maximum absolute atomic E-state index is 12.7. The number of carbonyl (C=O) groups excluding carboxylic acids is 1. The van der Waals surface area contributed by atoms with E-state index < -0.39 is 0 Å². The molecule has 29 heavy (non-hydrogen) atoms. The van der Waals surface area contributed by atoms with Gasteiger partial charge in [-0.15, -0.1) is 0 Å². The van der Waals surface area contributed by atoms with Crippen LogP contribution in [0.5, 0.6) is 0 Å². The number of anilines is 1. The molecule has 1 amide bonds. The van der Waals surface area contributed by atoms with Crippen molar-refractivity contribution >= 4 is 31.8 Å². The molecule has 1 aliphatic rings. The van der Waals surface area contributed by atoms with E-state index in [-0.39, 0.29) is 5.91 Å². The summed E-state index contributed by atoms with van der Waals surface area (Å²) in [6.07, 6.45) is 6.03. The molecule has 0 spiro atoms. The second-order valence-corrected chi connectivity index (χ2v) is 8.10. The Kier molecular flexibility index (Phi) is 7.24. The van der Waals surface area contributed by atoms with Crippen LogP contribution < -0.4 is 5.73 Å². The zero-order chi connectivity index (χ0) is 20.8. The molecule has 152 valence electrons. The molecule has 0 aromatic heterocycles. The molecule has 2 aromatic carbocycles. The van der Waals surface area contributed by atoms with Crippen LogP contribution in [0.3, 0.4) is 0 Å². The van der Waals surface area contributed by atoms with Crippen LogP contribution in [0.15, 0.2) is 54.1 Å². The lowest BCUT2D eigenvalue weighted by Gasteiger charge is -2.27. The zero-order valence-corrected chi connectivity index (χ0v) is 18.3. The van der Waals surface area contributed by atoms with Crippen molar-refractivity contribution in [1.29, 1.82) is 0 Å². The smallest absolute Gasteiger partial charge is 0.253 e. The van der Waals surface area contributed by atoms with Gasteiger partial charge in [0.15, 0.2) is 0 Å². The lowest BCUT2D eigenvalue weighted by Crippen LogP contribution is -2.30. The maximum atomic E-state index is 12.7. The van der Waals surface area contributed by atoms with Gasteiger partial charge in [-0.05, 0) is 76.0 Å². The van der Waals surface area contributed by atoms with Gasteiger partial charge in [0.25, 0.3) is 5.91 Å². The molecule has 1 heterocycles. The summed E-state index contributed by atoms with van der Waals surface area (Å²) in [5.41, 5.74) is 12.6. The van der Waals surface area contributed by atoms with Crippen molar-refractivity contribution in [2.75, 3.05) is 31.9 Å². The van der Waals surface area contributed by atoms with Gasteiger partial charge in [0, 0.05) is 37.4 Å². The third-order valence-electron chi connectivity index (χ3n) is 5.54. The van der Waals surface area contributed by atoms with Crippen molar-refractivity contribution in [3.63, 3.8) is 0 Å². The van der Waals surface area contributed by atoms with Gasteiger partial charge >= 0.3 is 0 Å². The summed E-state index contributed by atoms with van der Waals surface area (Å²) in [6.45, 7) is 7.50. The Morgan fingerprint density at radius 2 is 1.66 bits per heavy atom. The van der Waals surface area contributed by atoms with Crippen molar-refractivity contribution in [2.24, 2.45) is 0 Å². The first-order valence-corrected chi connectivity index (χ1v) is 11.3. The molecule has 0 aliphatic carbocycles. The highest BCUT2D eigenvalue weighted by atomic mass is 31.1. The second kappa shape index (κ2) is 9.87. The molecule has 2 N–H and O–H groups in total. The first-order valence-electron chi connectivity index (χ1n) is 10.3. The SMILES string of the molecule is C=PN1CCC(=C(c2ccc(C(=O)N(CC)CC)cc2)c2cccc(N)c2)CC1. The monoisotopic (exact) mass is 407 g/mol. The first-order chi connectivity index (χ1) is 14.1. The molecule has 4 nitrogen and oxygen atoms in total. The summed E-state index contributed by atoms with van der Waals surface area (Å²) in [5, 5.41) is 0. The van der Waals surface area contributed by atoms with E-state index in [0.717, 1.165) is 69.8 Å². The third kappa shape index (κ3) is 4.95. The average molecular weight is 407 g/mol. The zero-order valence-electron chi connectivity index (χ0n) is 17.4. The number of rotatable bonds is 6. The van der Waals surface area contributed by atoms with Crippen molar-refractivity contribution in [2.45, 2.75) is 26.7 Å². The highest BCUT2D eigenvalue weighted by Crippen LogP contribution is 2.34. The molecule has 0 radical (unpaired) electrons. The molecule has 0 unspecified atom stereocenters. The van der Waals surface area contributed by atoms with Gasteiger partial charge in [-0.3, -0.25) is 9.46 Å². The predicted molar refractivity (Wildman–Crippen MR) is 125 cm³/mol. The van der Waals surface area contributed by atoms with Gasteiger partial charge in [-0.25, -0.2) is 0 Å². The fraction of sp³-hybridized carbons (Fsp3) is 0.333. The maximum Gasteiger partial charge on any atom is 0.253 e. The summed E-state index contributed by atoms with van der Waals surface area (Å²) in [6, 6.07) is 16.2. The average Bonchev–Trinajstić information content (AvgIpc) is 2.76. The standard InChI is InChI=1S/C24H30N3OP/c1-4-26(5-2)24(28)20-11-9-18(10-12-20)23(21-7-6-8-22(25)17-21)19-13-15-27(29-3)16-14-19/h6-12,17H,3-5,13-16,25H2,1-2H3. The van der Waals surface area contributed by atoms with Crippen molar-refractivity contribution < 1.29 is 4.79 Å². The first kappa shape index (κ1) is 21.3. The number of hydrogen-bond acceptors (Lipinski definition) is 3. The minimum Gasteiger partial charge on any atom is -0.399 e. The van der Waals surface area contributed by atoms with E-state index in [2.05, 4.69) is 29.2 Å². The third-order valence-corrected chi connectivity index (χ3v) is 6.34. The van der Waals surface area contributed by atoms with Gasteiger partial charge in [-0.1, -0.05) is 36.1 Å². The van der Waals surface area contributed by atoms with Crippen LogP contribution >= 0.6 is 8.35 Å². The summed E-state index contributed by atoms with van der Waals surface area (Å²) in [4.78, 5) is 14.5. The van der Waals surface area contributed by atoms with E-state index in [4.69, 9.17) is 5.73 Å². The number of nitrogens with two attached hydrogens (primary N) is 1. The van der Waals surface area contributed by atoms with E-state index >= 15 is 0 Å². The molecule has 1 saturated heterocycles. The molecular formula is C24H30N3OP. The van der Waals surface area contributed by atoms with E-state index in [1.165, 1.54) is 11.1 Å². The van der Waals surface area contributed by atoms with Crippen molar-refractivity contribution in [3.05, 3.63) is 70.8 Å². The molecule has 0 bridgehead atoms. The molecule has 5 heteroatoms. The molecule has 0 atom stereocenters. The molecule has 1 fully saturated rings. The lowest BCUT2D eigenvalue weighted by atomic mass is 9.88. The molecule has 3 rings (SSSR count). The quantitative estimate of drug-likeness (QED) is 0.545. The Bertz CT molecular complexity index is 891. The Balaban J connectivity index is 1.99. The summed E-state index contributed by atoms with van der Waals surface area (Å²) in [5.74, 6) is 0.0856. The number of amides is 1. The Morgan fingerprint density at radius 1 is 1.03 bits per heavy atom. The summed E-state index contributed by atoms with van der Waals surface area (Å²) in [7, 11) is 1.09. The van der Waals surface area contributed by atoms with Gasteiger partial charge in [0.05, 0.1) is 0 Å². The van der Waals surface area contributed by atoms with Crippen LogP contribution in [0.2, 0.25) is 0 Å². The highest BCUT2D eigenvalue weighted by Gasteiger charge is 2.19. The topological polar surface area (TPSA) is 49.6 Å². The number of nitrogen functional groups attached to an aromatic ring is 1. The van der Waals surface area contributed by atoms with Gasteiger partial charge in [-0.2, -0.15) is 0 Å². The second-order valence-electron chi connectivity index (χ2n) is 7.25. The van der Waals surface area contributed by atoms with Gasteiger partial charge < -0.3 is 10.6 Å². The van der Waals surface area contributed by atoms with E-state index in [0.29, 0.717) is 0 Å². The highest BCUT2D eigenvalue weighted by molar-refractivity contribution is 7.33. The normalized spacial score (nSPS) is 14.8. The fourth-order valence-electron chi connectivity index (χ4n) is 3.90. The van der Waals surface area contributed by atoms with E-state index in [1.807, 2.05) is 49.1 Å². The number of hydrogen-bond donors (Lipinski definition) is 1. The largest absolute Gasteiger partial charge is 0.399 e. The summed E-state index contributed by atoms with van der Waals surface area (Å²) >= 11 is 0. The van der Waals surface area contributed by atoms with Gasteiger partial charge in [0.1, 0.15) is 0 Å². The van der Waals surface area contributed by atoms with E-state index in [1.54, 1.807) is 0 Å². The van der Waals surface area contributed by atoms with Crippen LogP contribution in [0.25, 0.3) is 5.57 Å². The fourth-order valence-corrected chi connectivity index (χ4v) is 4.38. The molecule has 0 saturated carbocycles.